The normalized spacial score (nSPS) is 12.4. The van der Waals surface area contributed by atoms with Gasteiger partial charge in [-0.2, -0.15) is 0 Å². The molecule has 0 saturated heterocycles. The molecule has 0 amide bonds. The van der Waals surface area contributed by atoms with E-state index in [0.717, 1.165) is 11.4 Å². The van der Waals surface area contributed by atoms with Gasteiger partial charge in [-0.3, -0.25) is 4.79 Å². The van der Waals surface area contributed by atoms with Crippen LogP contribution >= 0.6 is 11.3 Å². The molecule has 1 aromatic heterocycles. The maximum Gasteiger partial charge on any atom is 0.308 e. The first-order valence-corrected chi connectivity index (χ1v) is 5.72. The summed E-state index contributed by atoms with van der Waals surface area (Å²) in [6.45, 7) is 4.26. The summed E-state index contributed by atoms with van der Waals surface area (Å²) in [7, 11) is 0. The van der Waals surface area contributed by atoms with Gasteiger partial charge in [-0.05, 0) is 13.3 Å². The fraction of sp³-hybridized carbons (Fsp3) is 0.667. The fourth-order valence-electron chi connectivity index (χ4n) is 1.24. The number of hydrogen-bond acceptors (Lipinski definition) is 5. The molecule has 0 aromatic carbocycles. The van der Waals surface area contributed by atoms with Crippen LogP contribution in [-0.4, -0.2) is 27.8 Å². The number of carbonyl (C=O) groups is 1. The summed E-state index contributed by atoms with van der Waals surface area (Å²) >= 11 is 1.43. The molecule has 0 fully saturated rings. The molecule has 0 saturated carbocycles. The number of carboxylic acids is 1. The van der Waals surface area contributed by atoms with Crippen LogP contribution in [0.2, 0.25) is 0 Å². The molecule has 0 aliphatic rings. The van der Waals surface area contributed by atoms with Gasteiger partial charge in [-0.15, -0.1) is 10.2 Å². The largest absolute Gasteiger partial charge is 0.481 e. The average Bonchev–Trinajstić information content (AvgIpc) is 2.58. The molecule has 1 rings (SSSR count). The zero-order chi connectivity index (χ0) is 11.3. The van der Waals surface area contributed by atoms with Crippen LogP contribution in [0.15, 0.2) is 0 Å². The van der Waals surface area contributed by atoms with Crippen LogP contribution in [0, 0.1) is 12.8 Å². The zero-order valence-electron chi connectivity index (χ0n) is 8.86. The molecule has 0 bridgehead atoms. The Labute approximate surface area is 92.5 Å². The molecular weight excluding hydrogens is 214 g/mol. The molecule has 0 aliphatic heterocycles. The summed E-state index contributed by atoms with van der Waals surface area (Å²) in [6.07, 6.45) is 1.55. The molecule has 1 heterocycles. The van der Waals surface area contributed by atoms with Gasteiger partial charge in [0.1, 0.15) is 5.01 Å². The Morgan fingerprint density at radius 1 is 1.60 bits per heavy atom. The molecule has 0 aliphatic carbocycles. The van der Waals surface area contributed by atoms with E-state index in [-0.39, 0.29) is 5.92 Å². The van der Waals surface area contributed by atoms with Gasteiger partial charge in [0.25, 0.3) is 0 Å². The molecule has 1 aromatic rings. The molecule has 1 atom stereocenters. The lowest BCUT2D eigenvalue weighted by Crippen LogP contribution is -2.22. The zero-order valence-corrected chi connectivity index (χ0v) is 9.67. The molecular formula is C9H15N3O2S. The van der Waals surface area contributed by atoms with Crippen molar-refractivity contribution in [1.29, 1.82) is 0 Å². The predicted molar refractivity (Wildman–Crippen MR) is 59.2 cm³/mol. The minimum Gasteiger partial charge on any atom is -0.481 e. The number of hydrogen-bond donors (Lipinski definition) is 2. The summed E-state index contributed by atoms with van der Waals surface area (Å²) < 4.78 is 0. The van der Waals surface area contributed by atoms with Crippen molar-refractivity contribution in [3.63, 3.8) is 0 Å². The van der Waals surface area contributed by atoms with Crippen molar-refractivity contribution in [3.8, 4) is 0 Å². The summed E-state index contributed by atoms with van der Waals surface area (Å²) in [5.74, 6) is -1.11. The monoisotopic (exact) mass is 229 g/mol. The highest BCUT2D eigenvalue weighted by Crippen LogP contribution is 2.15. The van der Waals surface area contributed by atoms with Gasteiger partial charge in [0.05, 0.1) is 5.92 Å². The third-order valence-electron chi connectivity index (χ3n) is 2.01. The average molecular weight is 229 g/mol. The molecule has 15 heavy (non-hydrogen) atoms. The SMILES string of the molecule is CCCC(CNc1nnc(C)s1)C(=O)O. The van der Waals surface area contributed by atoms with Crippen LogP contribution in [0.4, 0.5) is 5.13 Å². The van der Waals surface area contributed by atoms with Crippen LogP contribution in [0.3, 0.4) is 0 Å². The number of aryl methyl sites for hydroxylation is 1. The number of nitrogens with one attached hydrogen (secondary N) is 1. The Kier molecular flexibility index (Phi) is 4.48. The first-order chi connectivity index (χ1) is 7.13. The van der Waals surface area contributed by atoms with Crippen molar-refractivity contribution in [1.82, 2.24) is 10.2 Å². The second kappa shape index (κ2) is 5.65. The lowest BCUT2D eigenvalue weighted by atomic mass is 10.0. The Morgan fingerprint density at radius 2 is 2.33 bits per heavy atom. The Balaban J connectivity index is 2.43. The van der Waals surface area contributed by atoms with Crippen molar-refractivity contribution in [3.05, 3.63) is 5.01 Å². The van der Waals surface area contributed by atoms with Gasteiger partial charge in [-0.1, -0.05) is 24.7 Å². The topological polar surface area (TPSA) is 75.1 Å². The number of carboxylic acid groups (broad SMARTS) is 1. The molecule has 0 spiro atoms. The van der Waals surface area contributed by atoms with Crippen molar-refractivity contribution in [2.45, 2.75) is 26.7 Å². The third-order valence-corrected chi connectivity index (χ3v) is 2.81. The van der Waals surface area contributed by atoms with Crippen LogP contribution in [0.25, 0.3) is 0 Å². The minimum atomic E-state index is -0.759. The number of rotatable bonds is 6. The highest BCUT2D eigenvalue weighted by molar-refractivity contribution is 7.15. The van der Waals surface area contributed by atoms with Gasteiger partial charge in [-0.25, -0.2) is 0 Å². The number of aliphatic carboxylic acids is 1. The number of aromatic nitrogens is 2. The smallest absolute Gasteiger partial charge is 0.308 e. The summed E-state index contributed by atoms with van der Waals surface area (Å²) in [6, 6.07) is 0. The van der Waals surface area contributed by atoms with Crippen LogP contribution < -0.4 is 5.32 Å². The Morgan fingerprint density at radius 3 is 2.80 bits per heavy atom. The third kappa shape index (κ3) is 3.83. The van der Waals surface area contributed by atoms with Crippen LogP contribution in [-0.2, 0) is 4.79 Å². The van der Waals surface area contributed by atoms with Gasteiger partial charge < -0.3 is 10.4 Å². The lowest BCUT2D eigenvalue weighted by Gasteiger charge is -2.10. The highest BCUT2D eigenvalue weighted by atomic mass is 32.1. The maximum absolute atomic E-state index is 10.8. The first-order valence-electron chi connectivity index (χ1n) is 4.90. The van der Waals surface area contributed by atoms with Gasteiger partial charge in [0, 0.05) is 6.54 Å². The van der Waals surface area contributed by atoms with Gasteiger partial charge in [0.2, 0.25) is 5.13 Å². The number of nitrogens with zero attached hydrogens (tertiary/aromatic N) is 2. The summed E-state index contributed by atoms with van der Waals surface area (Å²) in [5, 5.41) is 21.2. The van der Waals surface area contributed by atoms with E-state index in [4.69, 9.17) is 5.11 Å². The van der Waals surface area contributed by atoms with E-state index in [9.17, 15) is 4.79 Å². The van der Waals surface area contributed by atoms with Crippen LogP contribution in [0.5, 0.6) is 0 Å². The molecule has 1 unspecified atom stereocenters. The van der Waals surface area contributed by atoms with E-state index in [1.54, 1.807) is 0 Å². The maximum atomic E-state index is 10.8. The van der Waals surface area contributed by atoms with Crippen molar-refractivity contribution in [2.75, 3.05) is 11.9 Å². The van der Waals surface area contributed by atoms with E-state index in [1.165, 1.54) is 11.3 Å². The van der Waals surface area contributed by atoms with Crippen molar-refractivity contribution in [2.24, 2.45) is 5.92 Å². The molecule has 0 radical (unpaired) electrons. The fourth-order valence-corrected chi connectivity index (χ4v) is 1.84. The highest BCUT2D eigenvalue weighted by Gasteiger charge is 2.16. The molecule has 84 valence electrons. The van der Waals surface area contributed by atoms with Crippen LogP contribution in [0.1, 0.15) is 24.8 Å². The van der Waals surface area contributed by atoms with Crippen molar-refractivity contribution >= 4 is 22.4 Å². The standard InChI is InChI=1S/C9H15N3O2S/c1-3-4-7(8(13)14)5-10-9-12-11-6(2)15-9/h7H,3-5H2,1-2H3,(H,10,12)(H,13,14). The quantitative estimate of drug-likeness (QED) is 0.777. The van der Waals surface area contributed by atoms with Gasteiger partial charge in [0.15, 0.2) is 0 Å². The van der Waals surface area contributed by atoms with E-state index in [2.05, 4.69) is 15.5 Å². The molecule has 5 nitrogen and oxygen atoms in total. The Hall–Kier alpha value is -1.17. The van der Waals surface area contributed by atoms with E-state index in [1.807, 2.05) is 13.8 Å². The van der Waals surface area contributed by atoms with E-state index < -0.39 is 5.97 Å². The first kappa shape index (κ1) is 11.9. The Bertz CT molecular complexity index is 327. The molecule has 6 heteroatoms. The summed E-state index contributed by atoms with van der Waals surface area (Å²) in [5.41, 5.74) is 0. The number of anilines is 1. The predicted octanol–water partition coefficient (Wildman–Crippen LogP) is 1.76. The second-order valence-electron chi connectivity index (χ2n) is 3.33. The van der Waals surface area contributed by atoms with E-state index in [0.29, 0.717) is 18.1 Å². The summed E-state index contributed by atoms with van der Waals surface area (Å²) in [4.78, 5) is 10.8. The van der Waals surface area contributed by atoms with E-state index >= 15 is 0 Å². The lowest BCUT2D eigenvalue weighted by molar-refractivity contribution is -0.141. The second-order valence-corrected chi connectivity index (χ2v) is 4.51. The minimum absolute atomic E-state index is 0.348. The van der Waals surface area contributed by atoms with Crippen molar-refractivity contribution < 1.29 is 9.90 Å². The molecule has 2 N–H and O–H groups in total. The van der Waals surface area contributed by atoms with Gasteiger partial charge >= 0.3 is 5.97 Å².